The van der Waals surface area contributed by atoms with Crippen LogP contribution in [0.4, 0.5) is 5.13 Å². The first-order valence-corrected chi connectivity index (χ1v) is 9.93. The Kier molecular flexibility index (Phi) is 4.54. The van der Waals surface area contributed by atoms with Crippen LogP contribution in [0.5, 0.6) is 0 Å². The van der Waals surface area contributed by atoms with Crippen LogP contribution >= 0.6 is 23.1 Å². The third-order valence-electron chi connectivity index (χ3n) is 3.80. The first-order valence-electron chi connectivity index (χ1n) is 8.06. The Bertz CT molecular complexity index is 886. The number of hydrogen-bond donors (Lipinski definition) is 1. The van der Waals surface area contributed by atoms with E-state index in [9.17, 15) is 4.79 Å². The van der Waals surface area contributed by atoms with Crippen molar-refractivity contribution in [3.63, 3.8) is 0 Å². The highest BCUT2D eigenvalue weighted by Crippen LogP contribution is 2.41. The normalized spacial score (nSPS) is 13.8. The molecule has 1 amide bonds. The first-order chi connectivity index (χ1) is 12.2. The minimum atomic E-state index is -0.105. The quantitative estimate of drug-likeness (QED) is 0.666. The molecule has 6 nitrogen and oxygen atoms in total. The van der Waals surface area contributed by atoms with Crippen molar-refractivity contribution in [3.8, 4) is 5.69 Å². The van der Waals surface area contributed by atoms with Crippen LogP contribution < -0.4 is 5.32 Å². The molecule has 4 rings (SSSR count). The van der Waals surface area contributed by atoms with Gasteiger partial charge >= 0.3 is 0 Å². The second kappa shape index (κ2) is 6.97. The Hall–Kier alpha value is -2.19. The summed E-state index contributed by atoms with van der Waals surface area (Å²) in [5.41, 5.74) is 2.02. The van der Waals surface area contributed by atoms with Crippen LogP contribution in [0.2, 0.25) is 0 Å². The number of hydrogen-bond acceptors (Lipinski definition) is 6. The van der Waals surface area contributed by atoms with Crippen LogP contribution in [0.3, 0.4) is 0 Å². The molecule has 1 N–H and O–H groups in total. The number of carbonyl (C=O) groups is 1. The maximum Gasteiger partial charge on any atom is 0.223 e. The van der Waals surface area contributed by atoms with E-state index >= 15 is 0 Å². The minimum absolute atomic E-state index is 0.105. The van der Waals surface area contributed by atoms with E-state index in [4.69, 9.17) is 0 Å². The molecule has 0 aliphatic heterocycles. The second-order valence-electron chi connectivity index (χ2n) is 5.90. The average molecular weight is 371 g/mol. The molecule has 0 spiro atoms. The number of para-hydroxylation sites is 1. The van der Waals surface area contributed by atoms with Gasteiger partial charge in [0.2, 0.25) is 5.91 Å². The van der Waals surface area contributed by atoms with Crippen molar-refractivity contribution >= 4 is 34.1 Å². The molecule has 128 valence electrons. The van der Waals surface area contributed by atoms with E-state index in [1.54, 1.807) is 11.8 Å². The number of thiazole rings is 1. The highest BCUT2D eigenvalue weighted by Gasteiger charge is 2.31. The van der Waals surface area contributed by atoms with Crippen molar-refractivity contribution in [2.45, 2.75) is 36.6 Å². The van der Waals surface area contributed by atoms with Crippen LogP contribution in [0.25, 0.3) is 5.69 Å². The third kappa shape index (κ3) is 3.74. The highest BCUT2D eigenvalue weighted by atomic mass is 32.2. The maximum atomic E-state index is 11.1. The van der Waals surface area contributed by atoms with E-state index in [1.807, 2.05) is 23.6 Å². The molecule has 3 aromatic rings. The van der Waals surface area contributed by atoms with Crippen LogP contribution in [0.1, 0.15) is 37.2 Å². The van der Waals surface area contributed by atoms with Crippen LogP contribution in [0, 0.1) is 0 Å². The largest absolute Gasteiger partial charge is 0.302 e. The summed E-state index contributed by atoms with van der Waals surface area (Å²) in [5.74, 6) is 2.15. The summed E-state index contributed by atoms with van der Waals surface area (Å²) >= 11 is 3.05. The Labute approximate surface area is 153 Å². The number of rotatable bonds is 6. The van der Waals surface area contributed by atoms with E-state index < -0.39 is 0 Å². The van der Waals surface area contributed by atoms with Crippen molar-refractivity contribution in [1.82, 2.24) is 19.7 Å². The lowest BCUT2D eigenvalue weighted by molar-refractivity contribution is -0.114. The van der Waals surface area contributed by atoms with E-state index in [0.29, 0.717) is 16.8 Å². The number of thioether (sulfide) groups is 1. The number of carbonyl (C=O) groups excluding carboxylic acids is 1. The summed E-state index contributed by atoms with van der Waals surface area (Å²) < 4.78 is 2.16. The summed E-state index contributed by atoms with van der Waals surface area (Å²) in [7, 11) is 0. The SMILES string of the molecule is CC(=O)Nc1nc(CSc2nnc(C3CC3)n2-c2ccccc2)cs1. The van der Waals surface area contributed by atoms with Gasteiger partial charge in [0.1, 0.15) is 5.82 Å². The Morgan fingerprint density at radius 3 is 2.84 bits per heavy atom. The number of nitrogens with one attached hydrogen (secondary N) is 1. The lowest BCUT2D eigenvalue weighted by atomic mass is 10.3. The van der Waals surface area contributed by atoms with Crippen LogP contribution in [-0.4, -0.2) is 25.7 Å². The predicted molar refractivity (Wildman–Crippen MR) is 99.3 cm³/mol. The number of aromatic nitrogens is 4. The smallest absolute Gasteiger partial charge is 0.223 e. The van der Waals surface area contributed by atoms with Gasteiger partial charge in [-0.2, -0.15) is 0 Å². The van der Waals surface area contributed by atoms with Gasteiger partial charge in [0, 0.05) is 29.7 Å². The summed E-state index contributed by atoms with van der Waals surface area (Å²) in [5, 5.41) is 15.0. The number of benzene rings is 1. The molecule has 25 heavy (non-hydrogen) atoms. The lowest BCUT2D eigenvalue weighted by Gasteiger charge is -2.09. The summed E-state index contributed by atoms with van der Waals surface area (Å²) in [6.07, 6.45) is 2.36. The van der Waals surface area contributed by atoms with Gasteiger partial charge in [-0.1, -0.05) is 30.0 Å². The number of nitrogens with zero attached hydrogens (tertiary/aromatic N) is 4. The van der Waals surface area contributed by atoms with Gasteiger partial charge in [-0.05, 0) is 25.0 Å². The summed E-state index contributed by atoms with van der Waals surface area (Å²) in [6, 6.07) is 10.2. The van der Waals surface area contributed by atoms with Gasteiger partial charge in [0.25, 0.3) is 0 Å². The van der Waals surface area contributed by atoms with E-state index in [2.05, 4.69) is 37.2 Å². The Morgan fingerprint density at radius 1 is 1.32 bits per heavy atom. The van der Waals surface area contributed by atoms with Crippen molar-refractivity contribution in [3.05, 3.63) is 47.2 Å². The molecule has 1 aromatic carbocycles. The molecule has 8 heteroatoms. The fraction of sp³-hybridized carbons (Fsp3) is 0.294. The highest BCUT2D eigenvalue weighted by molar-refractivity contribution is 7.98. The number of amides is 1. The summed E-state index contributed by atoms with van der Waals surface area (Å²) in [6.45, 7) is 1.48. The van der Waals surface area contributed by atoms with E-state index in [1.165, 1.54) is 31.1 Å². The molecule has 1 aliphatic rings. The molecule has 1 saturated carbocycles. The van der Waals surface area contributed by atoms with Gasteiger partial charge in [-0.3, -0.25) is 9.36 Å². The molecular formula is C17H17N5OS2. The zero-order chi connectivity index (χ0) is 17.2. The monoisotopic (exact) mass is 371 g/mol. The van der Waals surface area contributed by atoms with E-state index in [0.717, 1.165) is 22.4 Å². The Balaban J connectivity index is 1.54. The summed E-state index contributed by atoms with van der Waals surface area (Å²) in [4.78, 5) is 15.5. The number of anilines is 1. The Morgan fingerprint density at radius 2 is 2.12 bits per heavy atom. The molecule has 0 radical (unpaired) electrons. The topological polar surface area (TPSA) is 72.7 Å². The van der Waals surface area contributed by atoms with Gasteiger partial charge in [0.05, 0.1) is 5.69 Å². The predicted octanol–water partition coefficient (Wildman–Crippen LogP) is 3.85. The van der Waals surface area contributed by atoms with Crippen LogP contribution in [0.15, 0.2) is 40.9 Å². The van der Waals surface area contributed by atoms with Crippen molar-refractivity contribution in [1.29, 1.82) is 0 Å². The van der Waals surface area contributed by atoms with Gasteiger partial charge < -0.3 is 5.32 Å². The average Bonchev–Trinajstić information content (AvgIpc) is 3.21. The van der Waals surface area contributed by atoms with Gasteiger partial charge in [0.15, 0.2) is 10.3 Å². The first kappa shape index (κ1) is 16.3. The second-order valence-corrected chi connectivity index (χ2v) is 7.70. The molecule has 2 heterocycles. The molecule has 1 fully saturated rings. The fourth-order valence-electron chi connectivity index (χ4n) is 2.52. The van der Waals surface area contributed by atoms with Crippen molar-refractivity contribution in [2.24, 2.45) is 0 Å². The molecule has 0 bridgehead atoms. The molecule has 1 aliphatic carbocycles. The zero-order valence-electron chi connectivity index (χ0n) is 13.7. The minimum Gasteiger partial charge on any atom is -0.302 e. The molecule has 0 saturated heterocycles. The molecular weight excluding hydrogens is 354 g/mol. The molecule has 0 atom stereocenters. The van der Waals surface area contributed by atoms with Gasteiger partial charge in [-0.25, -0.2) is 4.98 Å². The lowest BCUT2D eigenvalue weighted by Crippen LogP contribution is -2.05. The van der Waals surface area contributed by atoms with Gasteiger partial charge in [-0.15, -0.1) is 21.5 Å². The zero-order valence-corrected chi connectivity index (χ0v) is 15.3. The maximum absolute atomic E-state index is 11.1. The fourth-order valence-corrected chi connectivity index (χ4v) is 4.23. The standard InChI is InChI=1S/C17H17N5OS2/c1-11(23)18-16-19-13(9-24-16)10-25-17-21-20-15(12-7-8-12)22(17)14-5-3-2-4-6-14/h2-6,9,12H,7-8,10H2,1H3,(H,18,19,23). The molecule has 2 aromatic heterocycles. The van der Waals surface area contributed by atoms with E-state index in [-0.39, 0.29) is 5.91 Å². The molecule has 0 unspecified atom stereocenters. The third-order valence-corrected chi connectivity index (χ3v) is 5.57. The van der Waals surface area contributed by atoms with Crippen molar-refractivity contribution in [2.75, 3.05) is 5.32 Å². The van der Waals surface area contributed by atoms with Crippen molar-refractivity contribution < 1.29 is 4.79 Å². The van der Waals surface area contributed by atoms with Crippen LogP contribution in [-0.2, 0) is 10.5 Å².